The summed E-state index contributed by atoms with van der Waals surface area (Å²) in [4.78, 5) is 16.1. The van der Waals surface area contributed by atoms with Crippen molar-refractivity contribution in [3.8, 4) is 0 Å². The highest BCUT2D eigenvalue weighted by Gasteiger charge is 2.32. The van der Waals surface area contributed by atoms with Gasteiger partial charge in [0.1, 0.15) is 0 Å². The van der Waals surface area contributed by atoms with Crippen molar-refractivity contribution < 1.29 is 9.90 Å². The molecule has 1 aromatic carbocycles. The monoisotopic (exact) mass is 317 g/mol. The van der Waals surface area contributed by atoms with Crippen molar-refractivity contribution in [3.05, 3.63) is 29.8 Å². The standard InChI is InChI=1S/C18H27N3O2/c1-15(22)16-3-5-17(6-4-16)21-11-9-20(10-12-21)14-18(23)7-2-8-19-13-18/h3-6,19,23H,2,7-14H2,1H3. The molecule has 2 fully saturated rings. The lowest BCUT2D eigenvalue weighted by Gasteiger charge is -2.41. The molecule has 2 heterocycles. The van der Waals surface area contributed by atoms with Crippen LogP contribution in [-0.2, 0) is 0 Å². The SMILES string of the molecule is CC(=O)c1ccc(N2CCN(CC3(O)CCCNC3)CC2)cc1. The van der Waals surface area contributed by atoms with E-state index < -0.39 is 5.60 Å². The number of hydrogen-bond donors (Lipinski definition) is 2. The molecule has 1 atom stereocenters. The third-order valence-corrected chi connectivity index (χ3v) is 4.98. The highest BCUT2D eigenvalue weighted by molar-refractivity contribution is 5.94. The summed E-state index contributed by atoms with van der Waals surface area (Å²) in [6.07, 6.45) is 1.95. The Balaban J connectivity index is 1.52. The van der Waals surface area contributed by atoms with Crippen LogP contribution in [0.3, 0.4) is 0 Å². The minimum absolute atomic E-state index is 0.107. The molecule has 0 bridgehead atoms. The van der Waals surface area contributed by atoms with Gasteiger partial charge in [-0.05, 0) is 50.6 Å². The number of carbonyl (C=O) groups is 1. The molecule has 23 heavy (non-hydrogen) atoms. The minimum atomic E-state index is -0.566. The van der Waals surface area contributed by atoms with Gasteiger partial charge in [0.05, 0.1) is 5.60 Å². The lowest BCUT2D eigenvalue weighted by atomic mass is 9.93. The summed E-state index contributed by atoms with van der Waals surface area (Å²) < 4.78 is 0. The van der Waals surface area contributed by atoms with Crippen molar-refractivity contribution in [1.29, 1.82) is 0 Å². The van der Waals surface area contributed by atoms with Crippen LogP contribution in [0.2, 0.25) is 0 Å². The molecule has 0 aromatic heterocycles. The Morgan fingerprint density at radius 3 is 2.48 bits per heavy atom. The van der Waals surface area contributed by atoms with Crippen LogP contribution in [0.15, 0.2) is 24.3 Å². The molecule has 126 valence electrons. The maximum absolute atomic E-state index is 11.3. The summed E-state index contributed by atoms with van der Waals surface area (Å²) >= 11 is 0. The largest absolute Gasteiger partial charge is 0.387 e. The van der Waals surface area contributed by atoms with Gasteiger partial charge >= 0.3 is 0 Å². The molecule has 0 radical (unpaired) electrons. The molecule has 5 heteroatoms. The summed E-state index contributed by atoms with van der Waals surface area (Å²) in [5.41, 5.74) is 1.37. The van der Waals surface area contributed by atoms with E-state index in [1.54, 1.807) is 6.92 Å². The van der Waals surface area contributed by atoms with E-state index >= 15 is 0 Å². The van der Waals surface area contributed by atoms with E-state index in [1.165, 1.54) is 5.69 Å². The molecular formula is C18H27N3O2. The van der Waals surface area contributed by atoms with Gasteiger partial charge in [-0.3, -0.25) is 9.69 Å². The van der Waals surface area contributed by atoms with E-state index in [2.05, 4.69) is 15.1 Å². The molecule has 0 aliphatic carbocycles. The molecule has 5 nitrogen and oxygen atoms in total. The number of ketones is 1. The first-order valence-corrected chi connectivity index (χ1v) is 8.57. The van der Waals surface area contributed by atoms with E-state index in [0.717, 1.165) is 57.7 Å². The van der Waals surface area contributed by atoms with Crippen molar-refractivity contribution >= 4 is 11.5 Å². The number of nitrogens with zero attached hydrogens (tertiary/aromatic N) is 2. The maximum atomic E-state index is 11.3. The van der Waals surface area contributed by atoms with E-state index in [9.17, 15) is 9.90 Å². The molecule has 2 aliphatic heterocycles. The van der Waals surface area contributed by atoms with Gasteiger partial charge in [-0.1, -0.05) is 0 Å². The van der Waals surface area contributed by atoms with Crippen LogP contribution in [-0.4, -0.2) is 67.2 Å². The molecule has 1 aromatic rings. The van der Waals surface area contributed by atoms with Crippen molar-refractivity contribution in [1.82, 2.24) is 10.2 Å². The average molecular weight is 317 g/mol. The van der Waals surface area contributed by atoms with Gasteiger partial charge in [0.2, 0.25) is 0 Å². The second-order valence-electron chi connectivity index (χ2n) is 6.87. The van der Waals surface area contributed by atoms with Gasteiger partial charge in [0.25, 0.3) is 0 Å². The Labute approximate surface area is 138 Å². The number of Topliss-reactive ketones (excluding diaryl/α,β-unsaturated/α-hetero) is 1. The first-order chi connectivity index (χ1) is 11.1. The number of hydrogen-bond acceptors (Lipinski definition) is 5. The lowest BCUT2D eigenvalue weighted by Crippen LogP contribution is -2.56. The zero-order valence-corrected chi connectivity index (χ0v) is 13.9. The molecule has 3 rings (SSSR count). The van der Waals surface area contributed by atoms with E-state index in [4.69, 9.17) is 0 Å². The Kier molecular flexibility index (Phi) is 4.99. The smallest absolute Gasteiger partial charge is 0.159 e. The van der Waals surface area contributed by atoms with Crippen LogP contribution in [0.1, 0.15) is 30.1 Å². The second kappa shape index (κ2) is 6.99. The van der Waals surface area contributed by atoms with Gasteiger partial charge in [0, 0.05) is 50.5 Å². The predicted octanol–water partition coefficient (Wildman–Crippen LogP) is 1.13. The topological polar surface area (TPSA) is 55.8 Å². The quantitative estimate of drug-likeness (QED) is 0.815. The Hall–Kier alpha value is -1.43. The van der Waals surface area contributed by atoms with Crippen molar-refractivity contribution in [2.75, 3.05) is 50.7 Å². The fourth-order valence-electron chi connectivity index (χ4n) is 3.57. The number of benzene rings is 1. The third kappa shape index (κ3) is 4.10. The molecule has 0 spiro atoms. The highest BCUT2D eigenvalue weighted by Crippen LogP contribution is 2.21. The molecular weight excluding hydrogens is 290 g/mol. The first kappa shape index (κ1) is 16.4. The molecule has 2 saturated heterocycles. The Bertz CT molecular complexity index is 530. The second-order valence-corrected chi connectivity index (χ2v) is 6.87. The molecule has 2 N–H and O–H groups in total. The summed E-state index contributed by atoms with van der Waals surface area (Å²) in [5, 5.41) is 13.9. The summed E-state index contributed by atoms with van der Waals surface area (Å²) in [6.45, 7) is 7.95. The first-order valence-electron chi connectivity index (χ1n) is 8.57. The van der Waals surface area contributed by atoms with Gasteiger partial charge in [-0.2, -0.15) is 0 Å². The number of aliphatic hydroxyl groups is 1. The molecule has 2 aliphatic rings. The number of β-amino-alcohol motifs (C(OH)–C–C–N with tert-alkyl or cyclic N) is 1. The summed E-state index contributed by atoms with van der Waals surface area (Å²) in [6, 6.07) is 7.87. The van der Waals surface area contributed by atoms with Crippen molar-refractivity contribution in [3.63, 3.8) is 0 Å². The fraction of sp³-hybridized carbons (Fsp3) is 0.611. The van der Waals surface area contributed by atoms with Gasteiger partial charge in [-0.25, -0.2) is 0 Å². The third-order valence-electron chi connectivity index (χ3n) is 4.98. The highest BCUT2D eigenvalue weighted by atomic mass is 16.3. The van der Waals surface area contributed by atoms with Gasteiger partial charge in [0.15, 0.2) is 5.78 Å². The predicted molar refractivity (Wildman–Crippen MR) is 92.2 cm³/mol. The molecule has 0 saturated carbocycles. The van der Waals surface area contributed by atoms with Crippen LogP contribution < -0.4 is 10.2 Å². The van der Waals surface area contributed by atoms with Crippen LogP contribution >= 0.6 is 0 Å². The fourth-order valence-corrected chi connectivity index (χ4v) is 3.57. The van der Waals surface area contributed by atoms with Crippen molar-refractivity contribution in [2.24, 2.45) is 0 Å². The zero-order valence-electron chi connectivity index (χ0n) is 13.9. The summed E-state index contributed by atoms with van der Waals surface area (Å²) in [7, 11) is 0. The molecule has 1 unspecified atom stereocenters. The van der Waals surface area contributed by atoms with Crippen LogP contribution in [0.4, 0.5) is 5.69 Å². The zero-order chi connectivity index (χ0) is 16.3. The Morgan fingerprint density at radius 2 is 1.91 bits per heavy atom. The van der Waals surface area contributed by atoms with Crippen molar-refractivity contribution in [2.45, 2.75) is 25.4 Å². The summed E-state index contributed by atoms with van der Waals surface area (Å²) in [5.74, 6) is 0.107. The number of rotatable bonds is 4. The number of piperidine rings is 1. The van der Waals surface area contributed by atoms with E-state index in [1.807, 2.05) is 24.3 Å². The van der Waals surface area contributed by atoms with Crippen LogP contribution in [0.25, 0.3) is 0 Å². The number of piperazine rings is 1. The van der Waals surface area contributed by atoms with Gasteiger partial charge < -0.3 is 15.3 Å². The van der Waals surface area contributed by atoms with Crippen LogP contribution in [0.5, 0.6) is 0 Å². The van der Waals surface area contributed by atoms with E-state index in [0.29, 0.717) is 6.54 Å². The lowest BCUT2D eigenvalue weighted by molar-refractivity contribution is -0.0164. The number of carbonyl (C=O) groups excluding carboxylic acids is 1. The number of anilines is 1. The normalized spacial score (nSPS) is 26.3. The number of nitrogens with one attached hydrogen (secondary N) is 1. The van der Waals surface area contributed by atoms with E-state index in [-0.39, 0.29) is 5.78 Å². The molecule has 0 amide bonds. The van der Waals surface area contributed by atoms with Crippen LogP contribution in [0, 0.1) is 0 Å². The van der Waals surface area contributed by atoms with Gasteiger partial charge in [-0.15, -0.1) is 0 Å². The Morgan fingerprint density at radius 1 is 1.22 bits per heavy atom. The maximum Gasteiger partial charge on any atom is 0.159 e. The average Bonchev–Trinajstić information content (AvgIpc) is 2.56. The minimum Gasteiger partial charge on any atom is -0.387 e.